The molecule has 0 spiro atoms. The maximum absolute atomic E-state index is 12.9. The second-order valence-corrected chi connectivity index (χ2v) is 7.49. The predicted octanol–water partition coefficient (Wildman–Crippen LogP) is 4.41. The van der Waals surface area contributed by atoms with Crippen molar-refractivity contribution in [1.82, 2.24) is 4.90 Å². The summed E-state index contributed by atoms with van der Waals surface area (Å²) in [6.45, 7) is 0.256. The standard InChI is InChI=1S/C23H22ClNO5/c24-17-12-7-6-11-16(17)20-19(21(28)15-9-3-1-4-10-15)22(29)23(30)25(20)14-8-2-5-13-18(26)27/h1,3-4,6-7,9-12,20,28H,2,5,8,13-14H2,(H,26,27)/b21-19+. The minimum absolute atomic E-state index is 0.00448. The summed E-state index contributed by atoms with van der Waals surface area (Å²) >= 11 is 6.38. The molecule has 0 aromatic heterocycles. The van der Waals surface area contributed by atoms with Gasteiger partial charge >= 0.3 is 5.97 Å². The van der Waals surface area contributed by atoms with Crippen LogP contribution in [0, 0.1) is 0 Å². The van der Waals surface area contributed by atoms with Crippen molar-refractivity contribution >= 4 is 35.0 Å². The van der Waals surface area contributed by atoms with Crippen LogP contribution in [0.2, 0.25) is 5.02 Å². The zero-order valence-electron chi connectivity index (χ0n) is 16.3. The fraction of sp³-hybridized carbons (Fsp3) is 0.261. The number of carbonyl (C=O) groups is 3. The fourth-order valence-corrected chi connectivity index (χ4v) is 3.86. The van der Waals surface area contributed by atoms with Crippen molar-refractivity contribution < 1.29 is 24.6 Å². The molecule has 1 unspecified atom stereocenters. The first-order valence-electron chi connectivity index (χ1n) is 9.72. The quantitative estimate of drug-likeness (QED) is 0.281. The molecule has 1 amide bonds. The normalized spacial score (nSPS) is 18.0. The number of aliphatic hydroxyl groups is 1. The van der Waals surface area contributed by atoms with Crippen molar-refractivity contribution in [2.24, 2.45) is 0 Å². The van der Waals surface area contributed by atoms with Gasteiger partial charge in [0.2, 0.25) is 0 Å². The average molecular weight is 428 g/mol. The van der Waals surface area contributed by atoms with Crippen molar-refractivity contribution in [2.75, 3.05) is 6.54 Å². The van der Waals surface area contributed by atoms with Gasteiger partial charge in [-0.25, -0.2) is 0 Å². The number of aliphatic carboxylic acids is 1. The van der Waals surface area contributed by atoms with Gasteiger partial charge in [0.15, 0.2) is 0 Å². The lowest BCUT2D eigenvalue weighted by Crippen LogP contribution is -2.30. The molecule has 1 fully saturated rings. The van der Waals surface area contributed by atoms with Crippen LogP contribution in [0.15, 0.2) is 60.2 Å². The first kappa shape index (κ1) is 21.6. The molecule has 1 saturated heterocycles. The predicted molar refractivity (Wildman–Crippen MR) is 113 cm³/mol. The Kier molecular flexibility index (Phi) is 6.90. The molecule has 0 radical (unpaired) electrons. The molecule has 0 saturated carbocycles. The topological polar surface area (TPSA) is 94.9 Å². The molecule has 1 atom stereocenters. The summed E-state index contributed by atoms with van der Waals surface area (Å²) < 4.78 is 0. The van der Waals surface area contributed by atoms with Crippen LogP contribution < -0.4 is 0 Å². The number of carboxylic acid groups (broad SMARTS) is 1. The molecule has 1 aliphatic heterocycles. The van der Waals surface area contributed by atoms with E-state index in [-0.39, 0.29) is 24.3 Å². The zero-order chi connectivity index (χ0) is 21.7. The molecular formula is C23H22ClNO5. The molecule has 3 rings (SSSR count). The molecule has 2 aromatic rings. The minimum Gasteiger partial charge on any atom is -0.507 e. The van der Waals surface area contributed by atoms with Crippen LogP contribution >= 0.6 is 11.6 Å². The number of carbonyl (C=O) groups excluding carboxylic acids is 2. The highest BCUT2D eigenvalue weighted by Crippen LogP contribution is 2.41. The number of unbranched alkanes of at least 4 members (excludes halogenated alkanes) is 2. The van der Waals surface area contributed by atoms with E-state index in [4.69, 9.17) is 16.7 Å². The fourth-order valence-electron chi connectivity index (χ4n) is 3.62. The van der Waals surface area contributed by atoms with E-state index in [0.29, 0.717) is 35.4 Å². The van der Waals surface area contributed by atoms with Gasteiger partial charge in [-0.05, 0) is 24.5 Å². The summed E-state index contributed by atoms with van der Waals surface area (Å²) in [5.41, 5.74) is 1.00. The van der Waals surface area contributed by atoms with Gasteiger partial charge in [-0.3, -0.25) is 14.4 Å². The Balaban J connectivity index is 1.98. The highest BCUT2D eigenvalue weighted by Gasteiger charge is 2.46. The van der Waals surface area contributed by atoms with E-state index in [9.17, 15) is 19.5 Å². The minimum atomic E-state index is -0.866. The Labute approximate surface area is 179 Å². The van der Waals surface area contributed by atoms with Crippen molar-refractivity contribution in [3.05, 3.63) is 76.3 Å². The van der Waals surface area contributed by atoms with Gasteiger partial charge in [0, 0.05) is 23.6 Å². The third-order valence-electron chi connectivity index (χ3n) is 5.08. The number of ketones is 1. The lowest BCUT2D eigenvalue weighted by atomic mass is 9.95. The van der Waals surface area contributed by atoms with Crippen molar-refractivity contribution in [3.63, 3.8) is 0 Å². The van der Waals surface area contributed by atoms with Gasteiger partial charge < -0.3 is 15.1 Å². The summed E-state index contributed by atoms with van der Waals surface area (Å²) in [5, 5.41) is 20.0. The molecule has 7 heteroatoms. The van der Waals surface area contributed by atoms with Crippen LogP contribution in [-0.4, -0.2) is 39.3 Å². The van der Waals surface area contributed by atoms with E-state index in [0.717, 1.165) is 0 Å². The van der Waals surface area contributed by atoms with Crippen LogP contribution in [-0.2, 0) is 14.4 Å². The molecule has 1 aliphatic rings. The van der Waals surface area contributed by atoms with Crippen molar-refractivity contribution in [2.45, 2.75) is 31.7 Å². The number of likely N-dealkylation sites (tertiary alicyclic amines) is 1. The molecule has 2 aromatic carbocycles. The third-order valence-corrected chi connectivity index (χ3v) is 5.42. The number of hydrogen-bond acceptors (Lipinski definition) is 4. The highest BCUT2D eigenvalue weighted by atomic mass is 35.5. The number of aliphatic hydroxyl groups excluding tert-OH is 1. The Bertz CT molecular complexity index is 986. The molecule has 0 aliphatic carbocycles. The number of hydrogen-bond donors (Lipinski definition) is 2. The summed E-state index contributed by atoms with van der Waals surface area (Å²) in [7, 11) is 0. The van der Waals surface area contributed by atoms with Crippen LogP contribution in [0.25, 0.3) is 5.76 Å². The van der Waals surface area contributed by atoms with Gasteiger partial charge in [-0.1, -0.05) is 66.6 Å². The molecule has 0 bridgehead atoms. The van der Waals surface area contributed by atoms with Crippen LogP contribution in [0.1, 0.15) is 42.9 Å². The van der Waals surface area contributed by atoms with Gasteiger partial charge in [-0.15, -0.1) is 0 Å². The maximum Gasteiger partial charge on any atom is 0.303 e. The Hall–Kier alpha value is -3.12. The molecule has 6 nitrogen and oxygen atoms in total. The molecule has 1 heterocycles. The number of carboxylic acids is 1. The number of rotatable bonds is 8. The smallest absolute Gasteiger partial charge is 0.303 e. The van der Waals surface area contributed by atoms with E-state index < -0.39 is 23.7 Å². The lowest BCUT2D eigenvalue weighted by Gasteiger charge is -2.26. The summed E-state index contributed by atoms with van der Waals surface area (Å²) in [5.74, 6) is -2.57. The highest BCUT2D eigenvalue weighted by molar-refractivity contribution is 6.47. The molecule has 30 heavy (non-hydrogen) atoms. The second kappa shape index (κ2) is 9.59. The Morgan fingerprint density at radius 2 is 1.60 bits per heavy atom. The monoisotopic (exact) mass is 427 g/mol. The van der Waals surface area contributed by atoms with E-state index in [1.807, 2.05) is 0 Å². The SMILES string of the molecule is O=C(O)CCCCCN1C(=O)C(=O)/C(=C(/O)c2ccccc2)C1c1ccccc1Cl. The number of nitrogens with zero attached hydrogens (tertiary/aromatic N) is 1. The molecule has 156 valence electrons. The zero-order valence-corrected chi connectivity index (χ0v) is 17.0. The number of Topliss-reactive ketones (excluding diaryl/α,β-unsaturated/α-hetero) is 1. The number of benzene rings is 2. The lowest BCUT2D eigenvalue weighted by molar-refractivity contribution is -0.140. The number of halogens is 1. The molecular weight excluding hydrogens is 406 g/mol. The van der Waals surface area contributed by atoms with E-state index in [1.165, 1.54) is 4.90 Å². The van der Waals surface area contributed by atoms with Crippen LogP contribution in [0.3, 0.4) is 0 Å². The second-order valence-electron chi connectivity index (χ2n) is 7.08. The third kappa shape index (κ3) is 4.54. The van der Waals surface area contributed by atoms with Gasteiger partial charge in [-0.2, -0.15) is 0 Å². The largest absolute Gasteiger partial charge is 0.507 e. The Morgan fingerprint density at radius 3 is 2.27 bits per heavy atom. The maximum atomic E-state index is 12.9. The van der Waals surface area contributed by atoms with E-state index in [2.05, 4.69) is 0 Å². The number of amides is 1. The summed E-state index contributed by atoms with van der Waals surface area (Å²) in [6, 6.07) is 14.7. The van der Waals surface area contributed by atoms with Crippen LogP contribution in [0.4, 0.5) is 0 Å². The van der Waals surface area contributed by atoms with Crippen LogP contribution in [0.5, 0.6) is 0 Å². The van der Waals surface area contributed by atoms with Crippen molar-refractivity contribution in [3.8, 4) is 0 Å². The van der Waals surface area contributed by atoms with E-state index in [1.54, 1.807) is 54.6 Å². The summed E-state index contributed by atoms with van der Waals surface area (Å²) in [4.78, 5) is 37.8. The van der Waals surface area contributed by atoms with Gasteiger partial charge in [0.1, 0.15) is 5.76 Å². The summed E-state index contributed by atoms with van der Waals surface area (Å²) in [6.07, 6.45) is 1.68. The first-order chi connectivity index (χ1) is 14.4. The average Bonchev–Trinajstić information content (AvgIpc) is 2.98. The van der Waals surface area contributed by atoms with Gasteiger partial charge in [0.05, 0.1) is 11.6 Å². The van der Waals surface area contributed by atoms with E-state index >= 15 is 0 Å². The Morgan fingerprint density at radius 1 is 0.933 bits per heavy atom. The first-order valence-corrected chi connectivity index (χ1v) is 10.1. The van der Waals surface area contributed by atoms with Gasteiger partial charge in [0.25, 0.3) is 11.7 Å². The molecule has 2 N–H and O–H groups in total. The van der Waals surface area contributed by atoms with Crippen molar-refractivity contribution in [1.29, 1.82) is 0 Å².